The minimum absolute atomic E-state index is 0.595. The zero-order valence-corrected chi connectivity index (χ0v) is 9.89. The lowest BCUT2D eigenvalue weighted by molar-refractivity contribution is 0.0224. The number of rotatable bonds is 9. The minimum atomic E-state index is 0.595. The van der Waals surface area contributed by atoms with Crippen molar-refractivity contribution in [3.63, 3.8) is 0 Å². The molecule has 0 atom stereocenters. The summed E-state index contributed by atoms with van der Waals surface area (Å²) in [6, 6.07) is 0. The average molecular weight is 229 g/mol. The number of nitrogens with zero attached hydrogens (tertiary/aromatic N) is 3. The molecule has 0 bridgehead atoms. The summed E-state index contributed by atoms with van der Waals surface area (Å²) in [5.41, 5.74) is 0.919. The molecule has 0 aliphatic heterocycles. The predicted octanol–water partition coefficient (Wildman–Crippen LogP) is 0.266. The number of aromatic nitrogens is 3. The largest absolute Gasteiger partial charge is 0.382 e. The molecule has 0 radical (unpaired) electrons. The fourth-order valence-electron chi connectivity index (χ4n) is 1.13. The second-order valence-electron chi connectivity index (χ2n) is 3.34. The van der Waals surface area contributed by atoms with E-state index in [2.05, 4.69) is 10.3 Å². The summed E-state index contributed by atoms with van der Waals surface area (Å²) in [7, 11) is 1.65. The second kappa shape index (κ2) is 8.20. The Balaban J connectivity index is 1.88. The van der Waals surface area contributed by atoms with Crippen LogP contribution in [0.15, 0.2) is 6.20 Å². The number of aryl methyl sites for hydroxylation is 1. The van der Waals surface area contributed by atoms with Crippen molar-refractivity contribution >= 4 is 0 Å². The molecule has 6 nitrogen and oxygen atoms in total. The van der Waals surface area contributed by atoms with Crippen LogP contribution in [0, 0.1) is 6.92 Å². The lowest BCUT2D eigenvalue weighted by Gasteiger charge is -2.05. The van der Waals surface area contributed by atoms with E-state index in [9.17, 15) is 0 Å². The van der Waals surface area contributed by atoms with Crippen LogP contribution in [0.1, 0.15) is 5.69 Å². The van der Waals surface area contributed by atoms with Crippen LogP contribution < -0.4 is 0 Å². The van der Waals surface area contributed by atoms with Gasteiger partial charge < -0.3 is 14.2 Å². The van der Waals surface area contributed by atoms with E-state index < -0.39 is 0 Å². The molecule has 0 saturated heterocycles. The molecular weight excluding hydrogens is 210 g/mol. The summed E-state index contributed by atoms with van der Waals surface area (Å²) in [6.07, 6.45) is 1.89. The highest BCUT2D eigenvalue weighted by molar-refractivity contribution is 4.86. The molecule has 92 valence electrons. The van der Waals surface area contributed by atoms with Crippen LogP contribution in [0.5, 0.6) is 0 Å². The zero-order chi connectivity index (χ0) is 11.6. The van der Waals surface area contributed by atoms with Crippen molar-refractivity contribution < 1.29 is 14.2 Å². The van der Waals surface area contributed by atoms with Gasteiger partial charge in [0.2, 0.25) is 0 Å². The first-order chi connectivity index (χ1) is 7.83. The summed E-state index contributed by atoms with van der Waals surface area (Å²) in [5.74, 6) is 0. The van der Waals surface area contributed by atoms with Gasteiger partial charge in [0, 0.05) is 13.3 Å². The molecule has 0 aromatic carbocycles. The van der Waals surface area contributed by atoms with Crippen LogP contribution in [-0.2, 0) is 20.8 Å². The van der Waals surface area contributed by atoms with Gasteiger partial charge >= 0.3 is 0 Å². The van der Waals surface area contributed by atoms with Crippen LogP contribution in [-0.4, -0.2) is 55.1 Å². The van der Waals surface area contributed by atoms with E-state index in [-0.39, 0.29) is 0 Å². The van der Waals surface area contributed by atoms with E-state index in [4.69, 9.17) is 14.2 Å². The van der Waals surface area contributed by atoms with Crippen LogP contribution in [0.25, 0.3) is 0 Å². The minimum Gasteiger partial charge on any atom is -0.382 e. The highest BCUT2D eigenvalue weighted by Crippen LogP contribution is 1.89. The highest BCUT2D eigenvalue weighted by Gasteiger charge is 1.95. The first kappa shape index (κ1) is 13.1. The molecule has 1 aromatic heterocycles. The number of methoxy groups -OCH3 is 1. The topological polar surface area (TPSA) is 58.4 Å². The van der Waals surface area contributed by atoms with Gasteiger partial charge in [-0.25, -0.2) is 4.68 Å². The molecule has 0 amide bonds. The van der Waals surface area contributed by atoms with Crippen molar-refractivity contribution in [2.24, 2.45) is 0 Å². The van der Waals surface area contributed by atoms with Crippen molar-refractivity contribution in [3.05, 3.63) is 11.9 Å². The van der Waals surface area contributed by atoms with Crippen molar-refractivity contribution in [2.45, 2.75) is 13.5 Å². The fraction of sp³-hybridized carbons (Fsp3) is 0.800. The summed E-state index contributed by atoms with van der Waals surface area (Å²) in [6.45, 7) is 5.68. The van der Waals surface area contributed by atoms with Gasteiger partial charge in [0.15, 0.2) is 0 Å². The molecule has 1 aromatic rings. The predicted molar refractivity (Wildman–Crippen MR) is 58.3 cm³/mol. The van der Waals surface area contributed by atoms with E-state index >= 15 is 0 Å². The molecule has 16 heavy (non-hydrogen) atoms. The molecule has 0 aliphatic rings. The normalized spacial score (nSPS) is 10.9. The molecule has 0 N–H and O–H groups in total. The number of ether oxygens (including phenoxy) is 3. The van der Waals surface area contributed by atoms with Gasteiger partial charge in [0.25, 0.3) is 0 Å². The van der Waals surface area contributed by atoms with Gasteiger partial charge in [0.1, 0.15) is 0 Å². The monoisotopic (exact) mass is 229 g/mol. The third kappa shape index (κ3) is 5.79. The number of hydrogen-bond donors (Lipinski definition) is 0. The Morgan fingerprint density at radius 1 is 1.12 bits per heavy atom. The van der Waals surface area contributed by atoms with Crippen LogP contribution in [0.2, 0.25) is 0 Å². The summed E-state index contributed by atoms with van der Waals surface area (Å²) < 4.78 is 17.2. The molecule has 1 rings (SSSR count). The van der Waals surface area contributed by atoms with Crippen molar-refractivity contribution in [2.75, 3.05) is 40.1 Å². The summed E-state index contributed by atoms with van der Waals surface area (Å²) in [5, 5.41) is 7.80. The quantitative estimate of drug-likeness (QED) is 0.569. The lowest BCUT2D eigenvalue weighted by Crippen LogP contribution is -2.12. The van der Waals surface area contributed by atoms with Crippen LogP contribution in [0.4, 0.5) is 0 Å². The molecule has 1 heterocycles. The van der Waals surface area contributed by atoms with Gasteiger partial charge in [-0.05, 0) is 6.92 Å². The van der Waals surface area contributed by atoms with E-state index in [0.29, 0.717) is 33.0 Å². The molecule has 0 saturated carbocycles. The third-order valence-electron chi connectivity index (χ3n) is 1.92. The molecular formula is C10H19N3O3. The first-order valence-electron chi connectivity index (χ1n) is 5.34. The fourth-order valence-corrected chi connectivity index (χ4v) is 1.13. The van der Waals surface area contributed by atoms with E-state index in [0.717, 1.165) is 12.2 Å². The van der Waals surface area contributed by atoms with Gasteiger partial charge in [-0.1, -0.05) is 5.21 Å². The van der Waals surface area contributed by atoms with Crippen LogP contribution >= 0.6 is 0 Å². The van der Waals surface area contributed by atoms with Crippen molar-refractivity contribution in [1.29, 1.82) is 0 Å². The highest BCUT2D eigenvalue weighted by atomic mass is 16.5. The second-order valence-corrected chi connectivity index (χ2v) is 3.34. The van der Waals surface area contributed by atoms with Crippen molar-refractivity contribution in [1.82, 2.24) is 15.0 Å². The van der Waals surface area contributed by atoms with E-state index in [1.807, 2.05) is 13.1 Å². The summed E-state index contributed by atoms with van der Waals surface area (Å²) >= 11 is 0. The molecule has 0 unspecified atom stereocenters. The Bertz CT molecular complexity index is 278. The summed E-state index contributed by atoms with van der Waals surface area (Å²) in [4.78, 5) is 0. The molecule has 0 spiro atoms. The van der Waals surface area contributed by atoms with E-state index in [1.165, 1.54) is 0 Å². The third-order valence-corrected chi connectivity index (χ3v) is 1.92. The van der Waals surface area contributed by atoms with Gasteiger partial charge in [-0.3, -0.25) is 0 Å². The maximum atomic E-state index is 5.37. The van der Waals surface area contributed by atoms with E-state index in [1.54, 1.807) is 11.8 Å². The van der Waals surface area contributed by atoms with Gasteiger partial charge in [-0.15, -0.1) is 5.10 Å². The smallest absolute Gasteiger partial charge is 0.0796 e. The van der Waals surface area contributed by atoms with Crippen LogP contribution in [0.3, 0.4) is 0 Å². The molecule has 0 fully saturated rings. The Morgan fingerprint density at radius 3 is 2.44 bits per heavy atom. The zero-order valence-electron chi connectivity index (χ0n) is 9.89. The Labute approximate surface area is 95.5 Å². The Kier molecular flexibility index (Phi) is 6.71. The Hall–Kier alpha value is -0.980. The SMILES string of the molecule is COCCOCCOCCn1cc(C)nn1. The molecule has 0 aliphatic carbocycles. The molecule has 6 heteroatoms. The van der Waals surface area contributed by atoms with Crippen molar-refractivity contribution in [3.8, 4) is 0 Å². The maximum absolute atomic E-state index is 5.37. The Morgan fingerprint density at radius 2 is 1.81 bits per heavy atom. The lowest BCUT2D eigenvalue weighted by atomic mass is 10.5. The van der Waals surface area contributed by atoms with Gasteiger partial charge in [0.05, 0.1) is 45.3 Å². The number of hydrogen-bond acceptors (Lipinski definition) is 5. The maximum Gasteiger partial charge on any atom is 0.0796 e. The average Bonchev–Trinajstić information content (AvgIpc) is 2.68. The standard InChI is InChI=1S/C10H19N3O3/c1-10-9-13(12-11-10)3-4-15-7-8-16-6-5-14-2/h9H,3-8H2,1-2H3. The first-order valence-corrected chi connectivity index (χ1v) is 5.34. The van der Waals surface area contributed by atoms with Gasteiger partial charge in [-0.2, -0.15) is 0 Å².